The summed E-state index contributed by atoms with van der Waals surface area (Å²) >= 11 is 0. The van der Waals surface area contributed by atoms with Crippen molar-refractivity contribution in [2.24, 2.45) is 0 Å². The quantitative estimate of drug-likeness (QED) is 0.860. The van der Waals surface area contributed by atoms with Gasteiger partial charge in [-0.1, -0.05) is 6.07 Å². The minimum Gasteiger partial charge on any atom is -0.352 e. The van der Waals surface area contributed by atoms with Crippen LogP contribution in [0.25, 0.3) is 0 Å². The molecule has 1 aliphatic rings. The summed E-state index contributed by atoms with van der Waals surface area (Å²) in [6.45, 7) is 1.42. The van der Waals surface area contributed by atoms with Gasteiger partial charge in [0, 0.05) is 12.6 Å². The highest BCUT2D eigenvalue weighted by atomic mass is 19.1. The van der Waals surface area contributed by atoms with Crippen molar-refractivity contribution in [3.8, 4) is 0 Å². The van der Waals surface area contributed by atoms with Crippen LogP contribution in [-0.2, 0) is 0 Å². The highest BCUT2D eigenvalue weighted by Gasteiger charge is 2.18. The average molecular weight is 254 g/mol. The van der Waals surface area contributed by atoms with Crippen LogP contribution in [0, 0.1) is 11.6 Å². The first kappa shape index (κ1) is 13.0. The van der Waals surface area contributed by atoms with E-state index in [0.717, 1.165) is 37.9 Å². The molecule has 1 heterocycles. The number of benzene rings is 1. The fourth-order valence-electron chi connectivity index (χ4n) is 2.17. The third-order valence-electron chi connectivity index (χ3n) is 3.13. The summed E-state index contributed by atoms with van der Waals surface area (Å²) in [5, 5.41) is 5.84. The molecule has 1 fully saturated rings. The Bertz CT molecular complexity index is 411. The summed E-state index contributed by atoms with van der Waals surface area (Å²) in [4.78, 5) is 11.6. The van der Waals surface area contributed by atoms with Gasteiger partial charge in [-0.2, -0.15) is 0 Å². The maximum absolute atomic E-state index is 13.3. The monoisotopic (exact) mass is 254 g/mol. The molecule has 0 aliphatic carbocycles. The zero-order valence-corrected chi connectivity index (χ0v) is 10.0. The van der Waals surface area contributed by atoms with Crippen LogP contribution in [0.4, 0.5) is 8.78 Å². The standard InChI is InChI=1S/C13H16F2N2O/c14-10-4-1-5-11(15)12(10)13(18)17-8-6-9-3-2-7-16-9/h1,4-5,9,16H,2-3,6-8H2,(H,17,18)/t9-/m1/s1. The third kappa shape index (κ3) is 3.04. The zero-order valence-electron chi connectivity index (χ0n) is 10.0. The van der Waals surface area contributed by atoms with Gasteiger partial charge in [0.2, 0.25) is 0 Å². The van der Waals surface area contributed by atoms with Gasteiger partial charge in [-0.05, 0) is 37.9 Å². The van der Waals surface area contributed by atoms with Crippen LogP contribution in [0.1, 0.15) is 29.6 Å². The highest BCUT2D eigenvalue weighted by Crippen LogP contribution is 2.12. The number of carbonyl (C=O) groups is 1. The molecular weight excluding hydrogens is 238 g/mol. The SMILES string of the molecule is O=C(NCC[C@H]1CCCN1)c1c(F)cccc1F. The maximum Gasteiger partial charge on any atom is 0.257 e. The molecule has 2 N–H and O–H groups in total. The Labute approximate surface area is 105 Å². The van der Waals surface area contributed by atoms with Crippen molar-refractivity contribution < 1.29 is 13.6 Å². The van der Waals surface area contributed by atoms with Crippen molar-refractivity contribution in [3.63, 3.8) is 0 Å². The molecular formula is C13H16F2N2O. The molecule has 1 amide bonds. The first-order valence-electron chi connectivity index (χ1n) is 6.14. The van der Waals surface area contributed by atoms with Crippen LogP contribution in [0.3, 0.4) is 0 Å². The Balaban J connectivity index is 1.87. The van der Waals surface area contributed by atoms with E-state index in [1.54, 1.807) is 0 Å². The normalized spacial score (nSPS) is 18.9. The van der Waals surface area contributed by atoms with Crippen LogP contribution < -0.4 is 10.6 Å². The van der Waals surface area contributed by atoms with Gasteiger partial charge in [0.25, 0.3) is 5.91 Å². The molecule has 0 aromatic heterocycles. The predicted molar refractivity (Wildman–Crippen MR) is 64.3 cm³/mol. The second-order valence-corrected chi connectivity index (χ2v) is 4.43. The molecule has 1 atom stereocenters. The number of halogens is 2. The molecule has 3 nitrogen and oxygen atoms in total. The fourth-order valence-corrected chi connectivity index (χ4v) is 2.17. The molecule has 1 aromatic carbocycles. The van der Waals surface area contributed by atoms with Gasteiger partial charge < -0.3 is 10.6 Å². The zero-order chi connectivity index (χ0) is 13.0. The Morgan fingerprint density at radius 3 is 2.72 bits per heavy atom. The second kappa shape index (κ2) is 5.91. The van der Waals surface area contributed by atoms with Crippen molar-refractivity contribution in [2.45, 2.75) is 25.3 Å². The van der Waals surface area contributed by atoms with Crippen LogP contribution in [-0.4, -0.2) is 25.0 Å². The summed E-state index contributed by atoms with van der Waals surface area (Å²) in [6, 6.07) is 3.80. The van der Waals surface area contributed by atoms with Gasteiger partial charge in [-0.25, -0.2) is 8.78 Å². The van der Waals surface area contributed by atoms with Crippen molar-refractivity contribution >= 4 is 5.91 Å². The second-order valence-electron chi connectivity index (χ2n) is 4.43. The average Bonchev–Trinajstić information content (AvgIpc) is 2.82. The molecule has 1 aliphatic heterocycles. The van der Waals surface area contributed by atoms with Crippen molar-refractivity contribution in [1.29, 1.82) is 0 Å². The number of nitrogens with one attached hydrogen (secondary N) is 2. The molecule has 0 radical (unpaired) electrons. The lowest BCUT2D eigenvalue weighted by Gasteiger charge is -2.11. The molecule has 5 heteroatoms. The molecule has 0 bridgehead atoms. The third-order valence-corrected chi connectivity index (χ3v) is 3.13. The lowest BCUT2D eigenvalue weighted by molar-refractivity contribution is 0.0944. The van der Waals surface area contributed by atoms with E-state index in [9.17, 15) is 13.6 Å². The Morgan fingerprint density at radius 2 is 2.11 bits per heavy atom. The van der Waals surface area contributed by atoms with Gasteiger partial charge >= 0.3 is 0 Å². The van der Waals surface area contributed by atoms with E-state index in [1.165, 1.54) is 6.07 Å². The summed E-state index contributed by atoms with van der Waals surface area (Å²) in [5.41, 5.74) is -0.503. The minimum atomic E-state index is -0.827. The molecule has 0 saturated carbocycles. The molecule has 2 rings (SSSR count). The van der Waals surface area contributed by atoms with E-state index < -0.39 is 23.1 Å². The van der Waals surface area contributed by atoms with Gasteiger partial charge in [-0.3, -0.25) is 4.79 Å². The van der Waals surface area contributed by atoms with Crippen LogP contribution in [0.15, 0.2) is 18.2 Å². The Morgan fingerprint density at radius 1 is 1.39 bits per heavy atom. The van der Waals surface area contributed by atoms with Crippen LogP contribution in [0.2, 0.25) is 0 Å². The van der Waals surface area contributed by atoms with Crippen LogP contribution in [0.5, 0.6) is 0 Å². The van der Waals surface area contributed by atoms with Gasteiger partial charge in [-0.15, -0.1) is 0 Å². The van der Waals surface area contributed by atoms with Gasteiger partial charge in [0.1, 0.15) is 17.2 Å². The Kier molecular flexibility index (Phi) is 4.25. The number of hydrogen-bond acceptors (Lipinski definition) is 2. The Hall–Kier alpha value is -1.49. The molecule has 0 spiro atoms. The van der Waals surface area contributed by atoms with Crippen LogP contribution >= 0.6 is 0 Å². The number of amides is 1. The predicted octanol–water partition coefficient (Wildman–Crippen LogP) is 1.84. The topological polar surface area (TPSA) is 41.1 Å². The van der Waals surface area contributed by atoms with Gasteiger partial charge in [0.05, 0.1) is 0 Å². The molecule has 18 heavy (non-hydrogen) atoms. The molecule has 0 unspecified atom stereocenters. The van der Waals surface area contributed by atoms with Crippen molar-refractivity contribution in [3.05, 3.63) is 35.4 Å². The van der Waals surface area contributed by atoms with E-state index in [0.29, 0.717) is 12.6 Å². The van der Waals surface area contributed by atoms with E-state index in [1.807, 2.05) is 0 Å². The fraction of sp³-hybridized carbons (Fsp3) is 0.462. The first-order chi connectivity index (χ1) is 8.68. The minimum absolute atomic E-state index is 0.399. The first-order valence-corrected chi connectivity index (χ1v) is 6.14. The smallest absolute Gasteiger partial charge is 0.257 e. The highest BCUT2D eigenvalue weighted by molar-refractivity contribution is 5.94. The lowest BCUT2D eigenvalue weighted by atomic mass is 10.1. The van der Waals surface area contributed by atoms with E-state index in [-0.39, 0.29) is 0 Å². The summed E-state index contributed by atoms with van der Waals surface area (Å²) < 4.78 is 26.6. The molecule has 98 valence electrons. The molecule has 1 saturated heterocycles. The van der Waals surface area contributed by atoms with Crippen molar-refractivity contribution in [2.75, 3.05) is 13.1 Å². The summed E-state index contributed by atoms with van der Waals surface area (Å²) in [5.74, 6) is -2.35. The summed E-state index contributed by atoms with van der Waals surface area (Å²) in [7, 11) is 0. The van der Waals surface area contributed by atoms with E-state index >= 15 is 0 Å². The maximum atomic E-state index is 13.3. The number of rotatable bonds is 4. The lowest BCUT2D eigenvalue weighted by Crippen LogP contribution is -2.31. The van der Waals surface area contributed by atoms with Gasteiger partial charge in [0.15, 0.2) is 0 Å². The largest absolute Gasteiger partial charge is 0.352 e. The van der Waals surface area contributed by atoms with E-state index in [2.05, 4.69) is 10.6 Å². The number of carbonyl (C=O) groups excluding carboxylic acids is 1. The molecule has 1 aromatic rings. The van der Waals surface area contributed by atoms with E-state index in [4.69, 9.17) is 0 Å². The summed E-state index contributed by atoms with van der Waals surface area (Å²) in [6.07, 6.45) is 3.01. The van der Waals surface area contributed by atoms with Crippen molar-refractivity contribution in [1.82, 2.24) is 10.6 Å². The number of hydrogen-bond donors (Lipinski definition) is 2.